The number of halogens is 1. The van der Waals surface area contributed by atoms with Crippen LogP contribution >= 0.6 is 24.0 Å². The summed E-state index contributed by atoms with van der Waals surface area (Å²) in [5.74, 6) is 0.657. The highest BCUT2D eigenvalue weighted by atomic mass is 127. The Balaban J connectivity index is 0.00000364. The standard InChI is InChI=1S/C19H32N6O.HI/c1-3-17-8-4-5-13-25(17)14-12-24-19(20-2)23-11-10-22-18(26)16-7-6-9-21-15-16;/h6-7,9,15,17H,3-5,8,10-14H2,1-2H3,(H,22,26)(H2,20,23,24);1H. The number of aromatic nitrogens is 1. The number of nitrogens with one attached hydrogen (secondary N) is 3. The number of aliphatic imine (C=N–C) groups is 1. The lowest BCUT2D eigenvalue weighted by atomic mass is 10.0. The van der Waals surface area contributed by atoms with Gasteiger partial charge in [-0.25, -0.2) is 0 Å². The van der Waals surface area contributed by atoms with Crippen molar-refractivity contribution in [3.8, 4) is 0 Å². The number of nitrogens with zero attached hydrogens (tertiary/aromatic N) is 3. The zero-order valence-electron chi connectivity index (χ0n) is 16.4. The Morgan fingerprint density at radius 1 is 1.26 bits per heavy atom. The van der Waals surface area contributed by atoms with Gasteiger partial charge < -0.3 is 16.0 Å². The zero-order valence-corrected chi connectivity index (χ0v) is 18.7. The van der Waals surface area contributed by atoms with E-state index in [9.17, 15) is 4.79 Å². The van der Waals surface area contributed by atoms with Gasteiger partial charge in [0.15, 0.2) is 5.96 Å². The van der Waals surface area contributed by atoms with Crippen LogP contribution < -0.4 is 16.0 Å². The van der Waals surface area contributed by atoms with Crippen LogP contribution in [0.4, 0.5) is 0 Å². The van der Waals surface area contributed by atoms with Crippen molar-refractivity contribution in [3.05, 3.63) is 30.1 Å². The van der Waals surface area contributed by atoms with Crippen molar-refractivity contribution in [1.29, 1.82) is 0 Å². The van der Waals surface area contributed by atoms with Gasteiger partial charge in [0.2, 0.25) is 0 Å². The van der Waals surface area contributed by atoms with E-state index < -0.39 is 0 Å². The monoisotopic (exact) mass is 488 g/mol. The fourth-order valence-electron chi connectivity index (χ4n) is 3.31. The molecule has 0 spiro atoms. The van der Waals surface area contributed by atoms with Crippen LogP contribution in [-0.2, 0) is 0 Å². The predicted octanol–water partition coefficient (Wildman–Crippen LogP) is 1.86. The summed E-state index contributed by atoms with van der Waals surface area (Å²) in [4.78, 5) is 22.7. The number of hydrogen-bond acceptors (Lipinski definition) is 4. The zero-order chi connectivity index (χ0) is 18.6. The quantitative estimate of drug-likeness (QED) is 0.225. The van der Waals surface area contributed by atoms with Crippen molar-refractivity contribution in [2.24, 2.45) is 4.99 Å². The maximum Gasteiger partial charge on any atom is 0.252 e. The molecule has 1 aromatic rings. The molecule has 0 bridgehead atoms. The Bertz CT molecular complexity index is 569. The number of likely N-dealkylation sites (tertiary alicyclic amines) is 1. The van der Waals surface area contributed by atoms with Crippen LogP contribution in [0.2, 0.25) is 0 Å². The van der Waals surface area contributed by atoms with Gasteiger partial charge in [-0.1, -0.05) is 13.3 Å². The second-order valence-corrected chi connectivity index (χ2v) is 6.52. The van der Waals surface area contributed by atoms with E-state index in [-0.39, 0.29) is 29.9 Å². The molecular formula is C19H33IN6O. The molecule has 0 radical (unpaired) electrons. The second kappa shape index (κ2) is 13.7. The molecule has 1 aliphatic rings. The van der Waals surface area contributed by atoms with Crippen molar-refractivity contribution in [2.75, 3.05) is 39.8 Å². The van der Waals surface area contributed by atoms with Gasteiger partial charge in [0.25, 0.3) is 5.91 Å². The summed E-state index contributed by atoms with van der Waals surface area (Å²) in [6.07, 6.45) is 8.42. The minimum Gasteiger partial charge on any atom is -0.355 e. The molecule has 1 unspecified atom stereocenters. The van der Waals surface area contributed by atoms with Crippen molar-refractivity contribution in [1.82, 2.24) is 25.8 Å². The van der Waals surface area contributed by atoms with Crippen LogP contribution in [-0.4, -0.2) is 67.6 Å². The third kappa shape index (κ3) is 8.42. The van der Waals surface area contributed by atoms with E-state index in [1.807, 2.05) is 0 Å². The molecule has 7 nitrogen and oxygen atoms in total. The number of guanidine groups is 1. The minimum absolute atomic E-state index is 0. The molecule has 1 aromatic heterocycles. The Labute approximate surface area is 179 Å². The van der Waals surface area contributed by atoms with Crippen molar-refractivity contribution >= 4 is 35.8 Å². The van der Waals surface area contributed by atoms with Gasteiger partial charge >= 0.3 is 0 Å². The molecule has 0 aliphatic carbocycles. The lowest BCUT2D eigenvalue weighted by Gasteiger charge is -2.35. The van der Waals surface area contributed by atoms with Gasteiger partial charge in [-0.3, -0.25) is 19.7 Å². The number of amides is 1. The van der Waals surface area contributed by atoms with Gasteiger partial charge in [0.05, 0.1) is 5.56 Å². The highest BCUT2D eigenvalue weighted by molar-refractivity contribution is 14.0. The van der Waals surface area contributed by atoms with E-state index in [0.717, 1.165) is 25.1 Å². The SMILES string of the molecule is CCC1CCCCN1CCNC(=NC)NCCNC(=O)c1cccnc1.I. The Morgan fingerprint density at radius 2 is 2.04 bits per heavy atom. The van der Waals surface area contributed by atoms with E-state index in [0.29, 0.717) is 18.7 Å². The van der Waals surface area contributed by atoms with Gasteiger partial charge in [-0.15, -0.1) is 24.0 Å². The second-order valence-electron chi connectivity index (χ2n) is 6.52. The molecule has 1 fully saturated rings. The molecule has 1 aliphatic heterocycles. The number of hydrogen-bond donors (Lipinski definition) is 3. The molecule has 2 heterocycles. The smallest absolute Gasteiger partial charge is 0.252 e. The van der Waals surface area contributed by atoms with Crippen molar-refractivity contribution < 1.29 is 4.79 Å². The number of carbonyl (C=O) groups is 1. The average Bonchev–Trinajstić information content (AvgIpc) is 2.70. The van der Waals surface area contributed by atoms with Crippen molar-refractivity contribution in [3.63, 3.8) is 0 Å². The van der Waals surface area contributed by atoms with E-state index in [1.54, 1.807) is 31.6 Å². The fraction of sp³-hybridized carbons (Fsp3) is 0.632. The Morgan fingerprint density at radius 3 is 2.74 bits per heavy atom. The summed E-state index contributed by atoms with van der Waals surface area (Å²) in [7, 11) is 1.76. The van der Waals surface area contributed by atoms with Crippen LogP contribution in [0, 0.1) is 0 Å². The lowest BCUT2D eigenvalue weighted by molar-refractivity contribution is 0.0954. The largest absolute Gasteiger partial charge is 0.355 e. The molecule has 8 heteroatoms. The molecule has 2 rings (SSSR count). The predicted molar refractivity (Wildman–Crippen MR) is 121 cm³/mol. The highest BCUT2D eigenvalue weighted by Crippen LogP contribution is 2.18. The number of pyridine rings is 1. The summed E-state index contributed by atoms with van der Waals surface area (Å²) in [6.45, 7) is 6.53. The minimum atomic E-state index is -0.112. The van der Waals surface area contributed by atoms with Gasteiger partial charge in [0.1, 0.15) is 0 Å². The third-order valence-corrected chi connectivity index (χ3v) is 4.76. The Kier molecular flexibility index (Phi) is 12.0. The lowest BCUT2D eigenvalue weighted by Crippen LogP contribution is -2.46. The molecular weight excluding hydrogens is 455 g/mol. The first-order valence-electron chi connectivity index (χ1n) is 9.61. The van der Waals surface area contributed by atoms with Gasteiger partial charge in [-0.05, 0) is 37.9 Å². The van der Waals surface area contributed by atoms with Crippen molar-refractivity contribution in [2.45, 2.75) is 38.6 Å². The van der Waals surface area contributed by atoms with E-state index in [1.165, 1.54) is 32.2 Å². The average molecular weight is 488 g/mol. The maximum absolute atomic E-state index is 11.9. The van der Waals surface area contributed by atoms with E-state index >= 15 is 0 Å². The van der Waals surface area contributed by atoms with E-state index in [2.05, 4.69) is 37.8 Å². The first kappa shape index (κ1) is 23.6. The molecule has 27 heavy (non-hydrogen) atoms. The first-order valence-corrected chi connectivity index (χ1v) is 9.61. The van der Waals surface area contributed by atoms with Gasteiger partial charge in [0, 0.05) is 51.7 Å². The molecule has 1 atom stereocenters. The third-order valence-electron chi connectivity index (χ3n) is 4.76. The number of rotatable bonds is 8. The van der Waals surface area contributed by atoms with Crippen LogP contribution in [0.1, 0.15) is 43.0 Å². The molecule has 1 amide bonds. The molecule has 0 saturated carbocycles. The first-order chi connectivity index (χ1) is 12.7. The van der Waals surface area contributed by atoms with Crippen LogP contribution in [0.25, 0.3) is 0 Å². The summed E-state index contributed by atoms with van der Waals surface area (Å²) in [6, 6.07) is 4.23. The summed E-state index contributed by atoms with van der Waals surface area (Å²) < 4.78 is 0. The van der Waals surface area contributed by atoms with Crippen LogP contribution in [0.15, 0.2) is 29.5 Å². The summed E-state index contributed by atoms with van der Waals surface area (Å²) in [5, 5.41) is 9.45. The molecule has 0 aromatic carbocycles. The van der Waals surface area contributed by atoms with Crippen LogP contribution in [0.3, 0.4) is 0 Å². The molecule has 152 valence electrons. The molecule has 3 N–H and O–H groups in total. The summed E-state index contributed by atoms with van der Waals surface area (Å²) >= 11 is 0. The van der Waals surface area contributed by atoms with E-state index in [4.69, 9.17) is 0 Å². The van der Waals surface area contributed by atoms with Gasteiger partial charge in [-0.2, -0.15) is 0 Å². The number of piperidine rings is 1. The summed E-state index contributed by atoms with van der Waals surface area (Å²) in [5.41, 5.74) is 0.571. The Hall–Kier alpha value is -1.42. The normalized spacial score (nSPS) is 17.7. The topological polar surface area (TPSA) is 81.6 Å². The maximum atomic E-state index is 11.9. The van der Waals surface area contributed by atoms with Crippen LogP contribution in [0.5, 0.6) is 0 Å². The molecule has 1 saturated heterocycles. The highest BCUT2D eigenvalue weighted by Gasteiger charge is 2.19. The fourth-order valence-corrected chi connectivity index (χ4v) is 3.31. The number of carbonyl (C=O) groups excluding carboxylic acids is 1.